The van der Waals surface area contributed by atoms with Crippen molar-refractivity contribution in [3.8, 4) is 23.0 Å². The number of rotatable bonds is 4. The Labute approximate surface area is 254 Å². The number of halogens is 6. The average Bonchev–Trinajstić information content (AvgIpc) is 3.44. The van der Waals surface area contributed by atoms with E-state index >= 15 is 4.39 Å². The maximum absolute atomic E-state index is 16.7. The van der Waals surface area contributed by atoms with Gasteiger partial charge >= 0.3 is 12.2 Å². The molecule has 0 radical (unpaired) electrons. The largest absolute Gasteiger partial charge is 0.486 e. The van der Waals surface area contributed by atoms with Crippen LogP contribution in [0.1, 0.15) is 36.8 Å². The highest BCUT2D eigenvalue weighted by atomic mass is 35.5. The van der Waals surface area contributed by atoms with Crippen LogP contribution in [-0.4, -0.2) is 83.7 Å². The lowest BCUT2D eigenvalue weighted by molar-refractivity contribution is -0.137. The molecule has 3 fully saturated rings. The van der Waals surface area contributed by atoms with E-state index in [0.29, 0.717) is 26.0 Å². The third-order valence-electron chi connectivity index (χ3n) is 9.30. The fourth-order valence-corrected chi connectivity index (χ4v) is 7.58. The van der Waals surface area contributed by atoms with Crippen molar-refractivity contribution in [3.05, 3.63) is 28.0 Å². The lowest BCUT2D eigenvalue weighted by Crippen LogP contribution is -2.50. The number of anilines is 2. The number of nitrogens with zero attached hydrogens (tertiary/aromatic N) is 5. The van der Waals surface area contributed by atoms with E-state index in [1.807, 2.05) is 0 Å². The Morgan fingerprint density at radius 3 is 2.82 bits per heavy atom. The summed E-state index contributed by atoms with van der Waals surface area (Å²) < 4.78 is 92.4. The van der Waals surface area contributed by atoms with Crippen LogP contribution in [0.5, 0.6) is 11.8 Å². The van der Waals surface area contributed by atoms with Crippen LogP contribution in [0.4, 0.5) is 33.6 Å². The summed E-state index contributed by atoms with van der Waals surface area (Å²) in [6, 6.07) is 0.480. The standard InChI is InChI=1S/C29H30ClF5N6O3/c1-13-8-17(36)37-23(20(13)29(33,34)35)18-21(30)25-19-24(22(18)32)38-27(43-12-28-5-3-6-41(28)10-14(31)9-28)39-26(19)40(2)15-11-42-7-4-16(15)44-25/h8,14-16H,3-7,9-12H2,1-2H3,(H2,36,37)/t14-,15?,16?,28+/m1/s1. The molecule has 2 N–H and O–H groups in total. The first-order valence-electron chi connectivity index (χ1n) is 14.4. The molecule has 15 heteroatoms. The summed E-state index contributed by atoms with van der Waals surface area (Å²) in [7, 11) is 1.74. The Hall–Kier alpha value is -3.23. The Bertz CT molecular complexity index is 1660. The van der Waals surface area contributed by atoms with E-state index in [1.165, 1.54) is 6.92 Å². The van der Waals surface area contributed by atoms with Gasteiger partial charge in [0.15, 0.2) is 11.6 Å². The zero-order chi connectivity index (χ0) is 31.1. The number of aromatic nitrogens is 3. The van der Waals surface area contributed by atoms with Gasteiger partial charge in [-0.3, -0.25) is 4.90 Å². The Morgan fingerprint density at radius 1 is 1.25 bits per heavy atom. The van der Waals surface area contributed by atoms with Crippen LogP contribution in [-0.2, 0) is 10.9 Å². The molecule has 4 aliphatic rings. The molecular weight excluding hydrogens is 611 g/mol. The van der Waals surface area contributed by atoms with Crippen molar-refractivity contribution >= 4 is 34.1 Å². The summed E-state index contributed by atoms with van der Waals surface area (Å²) in [5.41, 5.74) is 2.13. The van der Waals surface area contributed by atoms with Gasteiger partial charge in [0, 0.05) is 26.4 Å². The number of likely N-dealkylation sites (N-methyl/N-ethyl adjacent to an activating group) is 1. The van der Waals surface area contributed by atoms with Crippen LogP contribution >= 0.6 is 11.6 Å². The highest BCUT2D eigenvalue weighted by Crippen LogP contribution is 2.51. The van der Waals surface area contributed by atoms with Gasteiger partial charge in [-0.15, -0.1) is 0 Å². The highest BCUT2D eigenvalue weighted by Gasteiger charge is 2.50. The van der Waals surface area contributed by atoms with Crippen LogP contribution in [0.25, 0.3) is 22.2 Å². The number of hydrogen-bond donors (Lipinski definition) is 1. The molecule has 7 rings (SSSR count). The van der Waals surface area contributed by atoms with Gasteiger partial charge in [0.2, 0.25) is 0 Å². The van der Waals surface area contributed by atoms with Crippen molar-refractivity contribution in [2.45, 2.75) is 62.6 Å². The van der Waals surface area contributed by atoms with Crippen molar-refractivity contribution in [1.82, 2.24) is 19.9 Å². The van der Waals surface area contributed by atoms with Crippen molar-refractivity contribution in [2.24, 2.45) is 0 Å². The van der Waals surface area contributed by atoms with Crippen LogP contribution in [0.2, 0.25) is 5.02 Å². The van der Waals surface area contributed by atoms with Gasteiger partial charge in [0.1, 0.15) is 36.0 Å². The van der Waals surface area contributed by atoms with E-state index in [1.54, 1.807) is 11.9 Å². The number of ether oxygens (including phenoxy) is 3. The van der Waals surface area contributed by atoms with Gasteiger partial charge in [-0.2, -0.15) is 23.1 Å². The topological polar surface area (TPSA) is 98.9 Å². The molecule has 0 saturated carbocycles. The van der Waals surface area contributed by atoms with E-state index in [-0.39, 0.29) is 59.1 Å². The molecular formula is C29H30ClF5N6O3. The van der Waals surface area contributed by atoms with Crippen molar-refractivity contribution in [1.29, 1.82) is 0 Å². The quantitative estimate of drug-likeness (QED) is 0.379. The van der Waals surface area contributed by atoms with Gasteiger partial charge in [0.05, 0.1) is 52.0 Å². The normalized spacial score (nSPS) is 26.8. The third kappa shape index (κ3) is 4.59. The summed E-state index contributed by atoms with van der Waals surface area (Å²) in [6.45, 7) is 2.97. The number of aryl methyl sites for hydroxylation is 1. The summed E-state index contributed by atoms with van der Waals surface area (Å²) in [5.74, 6) is -1.25. The first kappa shape index (κ1) is 29.5. The van der Waals surface area contributed by atoms with E-state index in [4.69, 9.17) is 31.5 Å². The molecule has 4 aliphatic heterocycles. The van der Waals surface area contributed by atoms with Crippen LogP contribution in [0, 0.1) is 12.7 Å². The number of nitrogen functional groups attached to an aromatic ring is 1. The lowest BCUT2D eigenvalue weighted by atomic mass is 9.95. The minimum atomic E-state index is -4.90. The summed E-state index contributed by atoms with van der Waals surface area (Å²) in [6.07, 6.45) is -4.06. The predicted molar refractivity (Wildman–Crippen MR) is 152 cm³/mol. The van der Waals surface area contributed by atoms with E-state index in [2.05, 4.69) is 19.9 Å². The minimum Gasteiger partial charge on any atom is -0.486 e. The first-order chi connectivity index (χ1) is 20.9. The molecule has 2 aromatic heterocycles. The number of alkyl halides is 4. The molecule has 2 unspecified atom stereocenters. The second-order valence-electron chi connectivity index (χ2n) is 12.0. The van der Waals surface area contributed by atoms with Crippen molar-refractivity contribution in [2.75, 3.05) is 50.6 Å². The number of fused-ring (bicyclic) bond motifs is 2. The van der Waals surface area contributed by atoms with Crippen LogP contribution in [0.3, 0.4) is 0 Å². The highest BCUT2D eigenvalue weighted by molar-refractivity contribution is 6.36. The zero-order valence-electron chi connectivity index (χ0n) is 24.0. The molecule has 4 atom stereocenters. The number of benzene rings is 1. The first-order valence-corrected chi connectivity index (χ1v) is 14.8. The number of pyridine rings is 1. The molecule has 9 nitrogen and oxygen atoms in total. The fourth-order valence-electron chi connectivity index (χ4n) is 7.27. The maximum Gasteiger partial charge on any atom is 0.418 e. The molecule has 0 spiro atoms. The van der Waals surface area contributed by atoms with Crippen molar-refractivity contribution in [3.63, 3.8) is 0 Å². The smallest absolute Gasteiger partial charge is 0.418 e. The second-order valence-corrected chi connectivity index (χ2v) is 12.4. The molecule has 0 aliphatic carbocycles. The summed E-state index contributed by atoms with van der Waals surface area (Å²) >= 11 is 6.78. The van der Waals surface area contributed by atoms with E-state index in [9.17, 15) is 17.6 Å². The van der Waals surface area contributed by atoms with Gasteiger partial charge in [-0.05, 0) is 37.9 Å². The molecule has 0 bridgehead atoms. The van der Waals surface area contributed by atoms with Gasteiger partial charge in [0.25, 0.3) is 0 Å². The van der Waals surface area contributed by atoms with Gasteiger partial charge < -0.3 is 24.8 Å². The number of hydrogen-bond acceptors (Lipinski definition) is 9. The molecule has 3 aromatic rings. The predicted octanol–water partition coefficient (Wildman–Crippen LogP) is 5.34. The second kappa shape index (κ2) is 10.4. The number of nitrogens with two attached hydrogens (primary N) is 1. The SMILES string of the molecule is Cc1cc(N)nc(-c2c(Cl)c3c4c(nc(OC[C@@]56CCCN5C[C@H](F)C6)nc4c2F)N(C)C2COCCC2O3)c1C(F)(F)F. The van der Waals surface area contributed by atoms with E-state index in [0.717, 1.165) is 25.5 Å². The van der Waals surface area contributed by atoms with E-state index < -0.39 is 51.7 Å². The Kier molecular flexibility index (Phi) is 6.98. The summed E-state index contributed by atoms with van der Waals surface area (Å²) in [5, 5.41) is -0.322. The molecule has 3 saturated heterocycles. The zero-order valence-corrected chi connectivity index (χ0v) is 24.7. The Morgan fingerprint density at radius 2 is 2.05 bits per heavy atom. The molecule has 1 aromatic carbocycles. The van der Waals surface area contributed by atoms with Gasteiger partial charge in [-0.25, -0.2) is 13.8 Å². The summed E-state index contributed by atoms with van der Waals surface area (Å²) in [4.78, 5) is 16.7. The molecule has 44 heavy (non-hydrogen) atoms. The Balaban J connectivity index is 1.45. The fraction of sp³-hybridized carbons (Fsp3) is 0.552. The van der Waals surface area contributed by atoms with Crippen molar-refractivity contribution < 1.29 is 36.2 Å². The average molecular weight is 641 g/mol. The maximum atomic E-state index is 16.7. The third-order valence-corrected chi connectivity index (χ3v) is 9.66. The van der Waals surface area contributed by atoms with Gasteiger partial charge in [-0.1, -0.05) is 11.6 Å². The molecule has 236 valence electrons. The van der Waals surface area contributed by atoms with Crippen LogP contribution in [0.15, 0.2) is 6.07 Å². The minimum absolute atomic E-state index is 0.0625. The molecule has 6 heterocycles. The van der Waals surface area contributed by atoms with Crippen LogP contribution < -0.4 is 20.1 Å². The monoisotopic (exact) mass is 640 g/mol. The lowest BCUT2D eigenvalue weighted by Gasteiger charge is -2.36. The molecule has 0 amide bonds.